The topological polar surface area (TPSA) is 42.2 Å². The van der Waals surface area contributed by atoms with Crippen LogP contribution < -0.4 is 5.32 Å². The molecule has 0 aromatic carbocycles. The highest BCUT2D eigenvalue weighted by Crippen LogP contribution is 2.28. The second-order valence-corrected chi connectivity index (χ2v) is 6.30. The minimum atomic E-state index is 0.132. The lowest BCUT2D eigenvalue weighted by atomic mass is 9.89. The van der Waals surface area contributed by atoms with E-state index in [0.717, 1.165) is 12.3 Å². The summed E-state index contributed by atoms with van der Waals surface area (Å²) in [5.74, 6) is 1.67. The third kappa shape index (κ3) is 4.48. The molecule has 1 amide bonds. The number of amides is 1. The molecule has 0 radical (unpaired) electrons. The van der Waals surface area contributed by atoms with E-state index < -0.39 is 0 Å². The van der Waals surface area contributed by atoms with Crippen LogP contribution in [0.1, 0.15) is 37.9 Å². The summed E-state index contributed by atoms with van der Waals surface area (Å²) < 4.78 is 5.20. The van der Waals surface area contributed by atoms with Gasteiger partial charge in [0.25, 0.3) is 0 Å². The zero-order valence-corrected chi connectivity index (χ0v) is 12.1. The van der Waals surface area contributed by atoms with Gasteiger partial charge in [-0.2, -0.15) is 0 Å². The highest BCUT2D eigenvalue weighted by Gasteiger charge is 2.19. The molecule has 1 aliphatic carbocycles. The molecule has 0 atom stereocenters. The predicted molar refractivity (Wildman–Crippen MR) is 74.7 cm³/mol. The number of hydrogen-bond donors (Lipinski definition) is 1. The normalized spacial score (nSPS) is 23.8. The summed E-state index contributed by atoms with van der Waals surface area (Å²) in [6.07, 6.45) is 7.74. The standard InChI is InChI=1S/C14H20BrNO2/c15-12-5-3-11(4-6-12)10-16-14(17)8-7-13-2-1-9-18-13/h1-2,9,11-12H,3-8,10H2,(H,16,17). The van der Waals surface area contributed by atoms with Crippen LogP contribution in [0.25, 0.3) is 0 Å². The smallest absolute Gasteiger partial charge is 0.220 e. The van der Waals surface area contributed by atoms with Crippen molar-refractivity contribution in [3.05, 3.63) is 24.2 Å². The molecule has 0 unspecified atom stereocenters. The number of nitrogens with one attached hydrogen (secondary N) is 1. The summed E-state index contributed by atoms with van der Waals surface area (Å²) in [6, 6.07) is 3.76. The monoisotopic (exact) mass is 313 g/mol. The average molecular weight is 314 g/mol. The first-order valence-electron chi connectivity index (χ1n) is 6.67. The van der Waals surface area contributed by atoms with Crippen LogP contribution >= 0.6 is 15.9 Å². The predicted octanol–water partition coefficient (Wildman–Crippen LogP) is 3.28. The second kappa shape index (κ2) is 6.98. The van der Waals surface area contributed by atoms with E-state index in [4.69, 9.17) is 4.42 Å². The minimum Gasteiger partial charge on any atom is -0.469 e. The molecule has 100 valence electrons. The van der Waals surface area contributed by atoms with Crippen molar-refractivity contribution in [2.45, 2.75) is 43.4 Å². The number of hydrogen-bond acceptors (Lipinski definition) is 2. The molecule has 1 aliphatic rings. The fourth-order valence-corrected chi connectivity index (χ4v) is 2.89. The number of alkyl halides is 1. The Balaban J connectivity index is 1.60. The van der Waals surface area contributed by atoms with E-state index in [2.05, 4.69) is 21.2 Å². The van der Waals surface area contributed by atoms with Gasteiger partial charge in [-0.1, -0.05) is 15.9 Å². The van der Waals surface area contributed by atoms with Crippen LogP contribution in [-0.2, 0) is 11.2 Å². The fraction of sp³-hybridized carbons (Fsp3) is 0.643. The Morgan fingerprint density at radius 3 is 2.83 bits per heavy atom. The summed E-state index contributed by atoms with van der Waals surface area (Å²) in [5, 5.41) is 3.03. The van der Waals surface area contributed by atoms with E-state index in [9.17, 15) is 4.79 Å². The lowest BCUT2D eigenvalue weighted by Crippen LogP contribution is -2.31. The molecule has 1 N–H and O–H groups in total. The number of carbonyl (C=O) groups is 1. The van der Waals surface area contributed by atoms with Crippen molar-refractivity contribution in [3.63, 3.8) is 0 Å². The molecule has 1 aromatic rings. The molecule has 18 heavy (non-hydrogen) atoms. The molecule has 2 rings (SSSR count). The molecule has 0 aliphatic heterocycles. The molecule has 0 bridgehead atoms. The third-order valence-corrected chi connectivity index (χ3v) is 4.46. The first-order valence-corrected chi connectivity index (χ1v) is 7.59. The van der Waals surface area contributed by atoms with Gasteiger partial charge in [-0.15, -0.1) is 0 Å². The van der Waals surface area contributed by atoms with Crippen LogP contribution in [0.15, 0.2) is 22.8 Å². The van der Waals surface area contributed by atoms with Crippen molar-refractivity contribution < 1.29 is 9.21 Å². The summed E-state index contributed by atoms with van der Waals surface area (Å²) in [6.45, 7) is 0.830. The summed E-state index contributed by atoms with van der Waals surface area (Å²) >= 11 is 3.64. The van der Waals surface area contributed by atoms with Crippen LogP contribution in [0.5, 0.6) is 0 Å². The van der Waals surface area contributed by atoms with E-state index >= 15 is 0 Å². The Labute approximate surface area is 116 Å². The lowest BCUT2D eigenvalue weighted by Gasteiger charge is -2.25. The molecule has 0 saturated heterocycles. The molecule has 3 nitrogen and oxygen atoms in total. The molecule has 1 fully saturated rings. The lowest BCUT2D eigenvalue weighted by molar-refractivity contribution is -0.121. The number of aryl methyl sites for hydroxylation is 1. The Morgan fingerprint density at radius 1 is 1.39 bits per heavy atom. The maximum absolute atomic E-state index is 11.7. The summed E-state index contributed by atoms with van der Waals surface area (Å²) in [5.41, 5.74) is 0. The van der Waals surface area contributed by atoms with Crippen molar-refractivity contribution in [1.29, 1.82) is 0 Å². The van der Waals surface area contributed by atoms with Gasteiger partial charge in [0.1, 0.15) is 5.76 Å². The highest BCUT2D eigenvalue weighted by atomic mass is 79.9. The largest absolute Gasteiger partial charge is 0.469 e. The molecule has 1 aromatic heterocycles. The molecular formula is C14H20BrNO2. The van der Waals surface area contributed by atoms with Crippen LogP contribution in [0.4, 0.5) is 0 Å². The number of furan rings is 1. The third-order valence-electron chi connectivity index (χ3n) is 3.54. The van der Waals surface area contributed by atoms with Crippen LogP contribution in [0, 0.1) is 5.92 Å². The Morgan fingerprint density at radius 2 is 2.17 bits per heavy atom. The quantitative estimate of drug-likeness (QED) is 0.848. The van der Waals surface area contributed by atoms with Crippen molar-refractivity contribution in [2.75, 3.05) is 6.54 Å². The van der Waals surface area contributed by atoms with Crippen LogP contribution in [0.3, 0.4) is 0 Å². The first-order chi connectivity index (χ1) is 8.74. The van der Waals surface area contributed by atoms with Crippen molar-refractivity contribution in [3.8, 4) is 0 Å². The van der Waals surface area contributed by atoms with Crippen molar-refractivity contribution in [1.82, 2.24) is 5.32 Å². The van der Waals surface area contributed by atoms with Gasteiger partial charge in [0.2, 0.25) is 5.91 Å². The van der Waals surface area contributed by atoms with Gasteiger partial charge in [0, 0.05) is 24.2 Å². The van der Waals surface area contributed by atoms with E-state index in [-0.39, 0.29) is 5.91 Å². The maximum Gasteiger partial charge on any atom is 0.220 e. The fourth-order valence-electron chi connectivity index (χ4n) is 2.36. The molecule has 1 heterocycles. The van der Waals surface area contributed by atoms with Gasteiger partial charge in [-0.25, -0.2) is 0 Å². The van der Waals surface area contributed by atoms with Gasteiger partial charge in [0.05, 0.1) is 6.26 Å². The SMILES string of the molecule is O=C(CCc1ccco1)NCC1CCC(Br)CC1. The van der Waals surface area contributed by atoms with E-state index in [0.29, 0.717) is 23.6 Å². The van der Waals surface area contributed by atoms with E-state index in [1.54, 1.807) is 6.26 Å². The Hall–Kier alpha value is -0.770. The molecule has 0 spiro atoms. The van der Waals surface area contributed by atoms with Gasteiger partial charge in [0.15, 0.2) is 0 Å². The van der Waals surface area contributed by atoms with Gasteiger partial charge >= 0.3 is 0 Å². The molecule has 1 saturated carbocycles. The van der Waals surface area contributed by atoms with Crippen LogP contribution in [-0.4, -0.2) is 17.3 Å². The summed E-state index contributed by atoms with van der Waals surface area (Å²) in [7, 11) is 0. The highest BCUT2D eigenvalue weighted by molar-refractivity contribution is 9.09. The number of carbonyl (C=O) groups excluding carboxylic acids is 1. The minimum absolute atomic E-state index is 0.132. The molecular weight excluding hydrogens is 294 g/mol. The summed E-state index contributed by atoms with van der Waals surface area (Å²) in [4.78, 5) is 12.4. The van der Waals surface area contributed by atoms with Crippen molar-refractivity contribution >= 4 is 21.8 Å². The number of halogens is 1. The first kappa shape index (κ1) is 13.7. The Bertz CT molecular complexity index is 356. The zero-order chi connectivity index (χ0) is 12.8. The molecule has 4 heteroatoms. The second-order valence-electron chi connectivity index (χ2n) is 5.00. The van der Waals surface area contributed by atoms with E-state index in [1.165, 1.54) is 25.7 Å². The zero-order valence-electron chi connectivity index (χ0n) is 10.5. The Kier molecular flexibility index (Phi) is 5.29. The van der Waals surface area contributed by atoms with E-state index in [1.807, 2.05) is 12.1 Å². The van der Waals surface area contributed by atoms with Crippen molar-refractivity contribution in [2.24, 2.45) is 5.92 Å². The van der Waals surface area contributed by atoms with Gasteiger partial charge in [-0.3, -0.25) is 4.79 Å². The maximum atomic E-state index is 11.7. The van der Waals surface area contributed by atoms with Gasteiger partial charge in [-0.05, 0) is 43.7 Å². The average Bonchev–Trinajstić information content (AvgIpc) is 2.89. The van der Waals surface area contributed by atoms with Gasteiger partial charge < -0.3 is 9.73 Å². The number of rotatable bonds is 5. The van der Waals surface area contributed by atoms with Crippen LogP contribution in [0.2, 0.25) is 0 Å².